The number of rotatable bonds is 12. The van der Waals surface area contributed by atoms with E-state index in [1.165, 1.54) is 0 Å². The minimum absolute atomic E-state index is 0.0423. The van der Waals surface area contributed by atoms with Crippen LogP contribution in [0.4, 0.5) is 4.39 Å². The zero-order valence-corrected chi connectivity index (χ0v) is 21.8. The van der Waals surface area contributed by atoms with E-state index < -0.39 is 0 Å². The first kappa shape index (κ1) is 27.4. The highest BCUT2D eigenvalue weighted by molar-refractivity contribution is 5.81. The highest BCUT2D eigenvalue weighted by Crippen LogP contribution is 2.36. The molecule has 7 heteroatoms. The quantitative estimate of drug-likeness (QED) is 0.205. The van der Waals surface area contributed by atoms with E-state index in [0.717, 1.165) is 33.4 Å². The number of methoxy groups -OCH3 is 1. The maximum atomic E-state index is 16.0. The Balaban J connectivity index is 1.65. The average molecular weight is 516 g/mol. The predicted octanol–water partition coefficient (Wildman–Crippen LogP) is 4.70. The smallest absolute Gasteiger partial charge is 0.218 e. The summed E-state index contributed by atoms with van der Waals surface area (Å²) in [6.07, 6.45) is 0. The molecule has 0 aliphatic heterocycles. The topological polar surface area (TPSA) is 86.6 Å². The number of halogens is 1. The Labute approximate surface area is 223 Å². The fraction of sp³-hybridized carbons (Fsp3) is 0.258. The van der Waals surface area contributed by atoms with E-state index in [0.29, 0.717) is 48.9 Å². The van der Waals surface area contributed by atoms with Crippen LogP contribution in [0, 0.1) is 12.7 Å². The maximum Gasteiger partial charge on any atom is 0.218 e. The lowest BCUT2D eigenvalue weighted by Crippen LogP contribution is -2.18. The van der Waals surface area contributed by atoms with E-state index in [4.69, 9.17) is 14.9 Å². The van der Waals surface area contributed by atoms with Gasteiger partial charge in [0.15, 0.2) is 0 Å². The number of hydrogen-bond donors (Lipinski definition) is 4. The molecule has 0 fully saturated rings. The molecule has 0 aliphatic carbocycles. The van der Waals surface area contributed by atoms with Gasteiger partial charge in [0.1, 0.15) is 5.82 Å². The van der Waals surface area contributed by atoms with Crippen LogP contribution in [0.5, 0.6) is 5.88 Å². The van der Waals surface area contributed by atoms with Gasteiger partial charge < -0.3 is 25.6 Å². The van der Waals surface area contributed by atoms with Crippen LogP contribution in [0.3, 0.4) is 0 Å². The fourth-order valence-electron chi connectivity index (χ4n) is 4.52. The summed E-state index contributed by atoms with van der Waals surface area (Å²) in [5, 5.41) is 24.2. The van der Waals surface area contributed by atoms with E-state index in [2.05, 4.69) is 45.9 Å². The number of benzene rings is 3. The third kappa shape index (κ3) is 6.26. The van der Waals surface area contributed by atoms with Gasteiger partial charge in [0.2, 0.25) is 5.88 Å². The molecule has 1 aromatic heterocycles. The van der Waals surface area contributed by atoms with Crippen LogP contribution in [-0.4, -0.2) is 48.6 Å². The van der Waals surface area contributed by atoms with E-state index in [1.54, 1.807) is 25.3 Å². The highest BCUT2D eigenvalue weighted by Gasteiger charge is 2.17. The first-order valence-corrected chi connectivity index (χ1v) is 12.7. The number of aliphatic hydroxyl groups is 2. The van der Waals surface area contributed by atoms with Gasteiger partial charge in [-0.25, -0.2) is 9.37 Å². The normalized spacial score (nSPS) is 11.1. The Kier molecular flexibility index (Phi) is 9.56. The molecule has 0 atom stereocenters. The largest absolute Gasteiger partial charge is 0.481 e. The summed E-state index contributed by atoms with van der Waals surface area (Å²) >= 11 is 0. The molecule has 0 bridgehead atoms. The maximum absolute atomic E-state index is 16.0. The van der Waals surface area contributed by atoms with Crippen LogP contribution in [0.15, 0.2) is 72.8 Å². The molecule has 0 unspecified atom stereocenters. The zero-order valence-electron chi connectivity index (χ0n) is 21.8. The number of nitrogens with zero attached hydrogens (tertiary/aromatic N) is 1. The number of ether oxygens (including phenoxy) is 1. The first-order chi connectivity index (χ1) is 18.6. The molecule has 38 heavy (non-hydrogen) atoms. The van der Waals surface area contributed by atoms with Crippen molar-refractivity contribution in [2.75, 3.05) is 33.4 Å². The van der Waals surface area contributed by atoms with Crippen LogP contribution in [0.2, 0.25) is 0 Å². The van der Waals surface area contributed by atoms with E-state index in [1.807, 2.05) is 31.2 Å². The van der Waals surface area contributed by atoms with Gasteiger partial charge in [-0.2, -0.15) is 0 Å². The van der Waals surface area contributed by atoms with Crippen molar-refractivity contribution in [2.24, 2.45) is 0 Å². The van der Waals surface area contributed by atoms with Crippen molar-refractivity contribution in [1.29, 1.82) is 0 Å². The molecule has 6 nitrogen and oxygen atoms in total. The monoisotopic (exact) mass is 515 g/mol. The van der Waals surface area contributed by atoms with Gasteiger partial charge in [-0.05, 0) is 46.9 Å². The molecule has 4 N–H and O–H groups in total. The summed E-state index contributed by atoms with van der Waals surface area (Å²) in [5.74, 6) is 0.0877. The molecule has 1 heterocycles. The van der Waals surface area contributed by atoms with Crippen LogP contribution in [0.25, 0.3) is 33.5 Å². The van der Waals surface area contributed by atoms with Crippen molar-refractivity contribution in [3.63, 3.8) is 0 Å². The molecule has 0 saturated carbocycles. The third-order valence-electron chi connectivity index (χ3n) is 6.52. The summed E-state index contributed by atoms with van der Waals surface area (Å²) in [5.41, 5.74) is 7.30. The minimum Gasteiger partial charge on any atom is -0.481 e. The number of aliphatic hydroxyl groups excluding tert-OH is 2. The lowest BCUT2D eigenvalue weighted by atomic mass is 9.91. The summed E-state index contributed by atoms with van der Waals surface area (Å²) in [4.78, 5) is 4.57. The van der Waals surface area contributed by atoms with Crippen LogP contribution >= 0.6 is 0 Å². The second-order valence-electron chi connectivity index (χ2n) is 9.01. The Morgan fingerprint density at radius 2 is 1.39 bits per heavy atom. The Morgan fingerprint density at radius 3 is 2.08 bits per heavy atom. The lowest BCUT2D eigenvalue weighted by Gasteiger charge is -2.15. The summed E-state index contributed by atoms with van der Waals surface area (Å²) in [6, 6.07) is 23.3. The van der Waals surface area contributed by atoms with Crippen molar-refractivity contribution in [3.8, 4) is 39.4 Å². The average Bonchev–Trinajstić information content (AvgIpc) is 2.94. The first-order valence-electron chi connectivity index (χ1n) is 12.7. The van der Waals surface area contributed by atoms with Gasteiger partial charge in [-0.1, -0.05) is 60.7 Å². The van der Waals surface area contributed by atoms with Crippen molar-refractivity contribution >= 4 is 0 Å². The van der Waals surface area contributed by atoms with Crippen molar-refractivity contribution in [2.45, 2.75) is 20.0 Å². The van der Waals surface area contributed by atoms with E-state index >= 15 is 4.39 Å². The molecule has 4 aromatic rings. The fourth-order valence-corrected chi connectivity index (χ4v) is 4.52. The molecule has 4 rings (SSSR count). The van der Waals surface area contributed by atoms with Gasteiger partial charge in [-0.15, -0.1) is 0 Å². The molecular formula is C31H34FN3O3. The van der Waals surface area contributed by atoms with Gasteiger partial charge in [0.05, 0.1) is 26.0 Å². The van der Waals surface area contributed by atoms with Gasteiger partial charge in [0, 0.05) is 42.9 Å². The summed E-state index contributed by atoms with van der Waals surface area (Å²) in [6.45, 7) is 4.37. The van der Waals surface area contributed by atoms with E-state index in [-0.39, 0.29) is 19.0 Å². The number of nitrogens with one attached hydrogen (secondary N) is 2. The Hall–Kier alpha value is -3.62. The molecule has 0 aliphatic rings. The molecule has 0 amide bonds. The van der Waals surface area contributed by atoms with E-state index in [9.17, 15) is 0 Å². The molecular weight excluding hydrogens is 481 g/mol. The predicted molar refractivity (Wildman–Crippen MR) is 149 cm³/mol. The third-order valence-corrected chi connectivity index (χ3v) is 6.52. The number of pyridine rings is 1. The molecule has 198 valence electrons. The van der Waals surface area contributed by atoms with Crippen molar-refractivity contribution < 1.29 is 19.3 Å². The Morgan fingerprint density at radius 1 is 0.763 bits per heavy atom. The summed E-state index contributed by atoms with van der Waals surface area (Å²) < 4.78 is 21.5. The van der Waals surface area contributed by atoms with Crippen molar-refractivity contribution in [3.05, 3.63) is 95.3 Å². The second kappa shape index (κ2) is 13.3. The minimum atomic E-state index is -0.334. The van der Waals surface area contributed by atoms with Crippen LogP contribution < -0.4 is 15.4 Å². The molecule has 0 saturated heterocycles. The second-order valence-corrected chi connectivity index (χ2v) is 9.01. The number of aromatic nitrogens is 1. The molecule has 3 aromatic carbocycles. The molecule has 0 spiro atoms. The zero-order chi connectivity index (χ0) is 26.9. The van der Waals surface area contributed by atoms with Crippen LogP contribution in [0.1, 0.15) is 16.7 Å². The Bertz CT molecular complexity index is 1360. The van der Waals surface area contributed by atoms with Crippen LogP contribution in [-0.2, 0) is 13.1 Å². The lowest BCUT2D eigenvalue weighted by molar-refractivity contribution is 0.291. The van der Waals surface area contributed by atoms with Gasteiger partial charge in [0.25, 0.3) is 0 Å². The van der Waals surface area contributed by atoms with Crippen molar-refractivity contribution in [1.82, 2.24) is 15.6 Å². The SMILES string of the molecule is COc1nc(-c2cccc(-c3cccc(-c4ccc(CNCCO)cc4)c3C)c2F)ccc1CNCCO. The number of hydrogen-bond acceptors (Lipinski definition) is 6. The van der Waals surface area contributed by atoms with Gasteiger partial charge >= 0.3 is 0 Å². The standard InChI is InChI=1S/C31H34FN3O3/c1-21-25(23-11-9-22(10-12-23)19-33-15-17-36)5-3-6-26(21)27-7-4-8-28(30(27)32)29-14-13-24(20-34-16-18-37)31(35-29)38-2/h3-14,33-34,36-37H,15-20H2,1-2H3. The highest BCUT2D eigenvalue weighted by atomic mass is 19.1. The molecule has 0 radical (unpaired) electrons. The summed E-state index contributed by atoms with van der Waals surface area (Å²) in [7, 11) is 1.54. The van der Waals surface area contributed by atoms with Gasteiger partial charge in [-0.3, -0.25) is 0 Å².